The molecule has 0 saturated heterocycles. The van der Waals surface area contributed by atoms with E-state index in [1.165, 1.54) is 0 Å². The summed E-state index contributed by atoms with van der Waals surface area (Å²) >= 11 is 0. The van der Waals surface area contributed by atoms with Crippen molar-refractivity contribution in [2.75, 3.05) is 14.2 Å². The first-order valence-electron chi connectivity index (χ1n) is 5.13. The molecule has 1 aromatic rings. The monoisotopic (exact) mass is 210 g/mol. The summed E-state index contributed by atoms with van der Waals surface area (Å²) in [5, 5.41) is 9.88. The van der Waals surface area contributed by atoms with Gasteiger partial charge in [0.1, 0.15) is 11.5 Å². The van der Waals surface area contributed by atoms with Gasteiger partial charge in [0.15, 0.2) is 0 Å². The zero-order chi connectivity index (χ0) is 11.3. The van der Waals surface area contributed by atoms with E-state index in [2.05, 4.69) is 0 Å². The Morgan fingerprint density at radius 1 is 1.27 bits per heavy atom. The highest BCUT2D eigenvalue weighted by Crippen LogP contribution is 2.31. The number of methoxy groups -OCH3 is 2. The standard InChI is InChI=1S/C12H18O3/c1-4-5-11(13)10-7-6-9(14-2)8-12(10)15-3/h6-8,11,13H,4-5H2,1-3H3/t11-/m1/s1. The number of aliphatic hydroxyl groups is 1. The third-order valence-corrected chi connectivity index (χ3v) is 2.36. The molecule has 1 atom stereocenters. The van der Waals surface area contributed by atoms with Crippen LogP contribution in [-0.2, 0) is 0 Å². The van der Waals surface area contributed by atoms with Gasteiger partial charge in [-0.1, -0.05) is 13.3 Å². The molecule has 0 heterocycles. The molecule has 0 radical (unpaired) electrons. The van der Waals surface area contributed by atoms with Crippen LogP contribution in [0.25, 0.3) is 0 Å². The fourth-order valence-electron chi connectivity index (χ4n) is 1.52. The summed E-state index contributed by atoms with van der Waals surface area (Å²) < 4.78 is 10.3. The number of hydrogen-bond acceptors (Lipinski definition) is 3. The summed E-state index contributed by atoms with van der Waals surface area (Å²) in [7, 11) is 3.20. The molecule has 1 rings (SSSR count). The predicted octanol–water partition coefficient (Wildman–Crippen LogP) is 2.54. The number of benzene rings is 1. The van der Waals surface area contributed by atoms with Crippen LogP contribution >= 0.6 is 0 Å². The average Bonchev–Trinajstić information content (AvgIpc) is 2.28. The molecular formula is C12H18O3. The molecular weight excluding hydrogens is 192 g/mol. The Morgan fingerprint density at radius 3 is 2.53 bits per heavy atom. The van der Waals surface area contributed by atoms with Crippen molar-refractivity contribution in [3.05, 3.63) is 23.8 Å². The lowest BCUT2D eigenvalue weighted by atomic mass is 10.0. The zero-order valence-corrected chi connectivity index (χ0v) is 9.49. The molecule has 0 aromatic heterocycles. The van der Waals surface area contributed by atoms with E-state index < -0.39 is 6.10 Å². The second-order valence-electron chi connectivity index (χ2n) is 3.41. The minimum atomic E-state index is -0.462. The lowest BCUT2D eigenvalue weighted by Crippen LogP contribution is -2.00. The van der Waals surface area contributed by atoms with Crippen molar-refractivity contribution in [2.45, 2.75) is 25.9 Å². The van der Waals surface area contributed by atoms with Crippen LogP contribution in [0.1, 0.15) is 31.4 Å². The smallest absolute Gasteiger partial charge is 0.128 e. The van der Waals surface area contributed by atoms with E-state index in [0.717, 1.165) is 24.2 Å². The second kappa shape index (κ2) is 5.61. The van der Waals surface area contributed by atoms with Gasteiger partial charge in [-0.15, -0.1) is 0 Å². The molecule has 0 aliphatic rings. The molecule has 15 heavy (non-hydrogen) atoms. The normalized spacial score (nSPS) is 12.3. The first kappa shape index (κ1) is 11.9. The maximum Gasteiger partial charge on any atom is 0.128 e. The Hall–Kier alpha value is -1.22. The van der Waals surface area contributed by atoms with Crippen LogP contribution < -0.4 is 9.47 Å². The van der Waals surface area contributed by atoms with Crippen LogP contribution in [0.4, 0.5) is 0 Å². The number of rotatable bonds is 5. The third-order valence-electron chi connectivity index (χ3n) is 2.36. The van der Waals surface area contributed by atoms with Crippen molar-refractivity contribution in [2.24, 2.45) is 0 Å². The minimum Gasteiger partial charge on any atom is -0.497 e. The Labute approximate surface area is 90.6 Å². The number of aliphatic hydroxyl groups excluding tert-OH is 1. The fourth-order valence-corrected chi connectivity index (χ4v) is 1.52. The second-order valence-corrected chi connectivity index (χ2v) is 3.41. The maximum atomic E-state index is 9.88. The maximum absolute atomic E-state index is 9.88. The molecule has 3 heteroatoms. The molecule has 0 aliphatic heterocycles. The molecule has 0 aliphatic carbocycles. The van der Waals surface area contributed by atoms with Crippen LogP contribution in [0.5, 0.6) is 11.5 Å². The van der Waals surface area contributed by atoms with Gasteiger partial charge in [0.05, 0.1) is 20.3 Å². The molecule has 1 aromatic carbocycles. The Kier molecular flexibility index (Phi) is 4.43. The van der Waals surface area contributed by atoms with Crippen LogP contribution in [0.2, 0.25) is 0 Å². The third kappa shape index (κ3) is 2.86. The molecule has 84 valence electrons. The molecule has 0 unspecified atom stereocenters. The van der Waals surface area contributed by atoms with Crippen molar-refractivity contribution in [1.82, 2.24) is 0 Å². The molecule has 0 saturated carbocycles. The lowest BCUT2D eigenvalue weighted by molar-refractivity contribution is 0.162. The van der Waals surface area contributed by atoms with Gasteiger partial charge in [-0.25, -0.2) is 0 Å². The largest absolute Gasteiger partial charge is 0.497 e. The highest BCUT2D eigenvalue weighted by molar-refractivity contribution is 5.41. The van der Waals surface area contributed by atoms with E-state index in [4.69, 9.17) is 9.47 Å². The van der Waals surface area contributed by atoms with E-state index in [1.807, 2.05) is 19.1 Å². The van der Waals surface area contributed by atoms with Crippen LogP contribution in [0, 0.1) is 0 Å². The van der Waals surface area contributed by atoms with Gasteiger partial charge in [0.2, 0.25) is 0 Å². The Morgan fingerprint density at radius 2 is 2.00 bits per heavy atom. The number of hydrogen-bond donors (Lipinski definition) is 1. The SMILES string of the molecule is CCC[C@@H](O)c1ccc(OC)cc1OC. The van der Waals surface area contributed by atoms with Gasteiger partial charge in [-0.05, 0) is 18.6 Å². The average molecular weight is 210 g/mol. The quantitative estimate of drug-likeness (QED) is 0.811. The van der Waals surface area contributed by atoms with E-state index in [0.29, 0.717) is 5.75 Å². The van der Waals surface area contributed by atoms with Crippen LogP contribution in [0.3, 0.4) is 0 Å². The minimum absolute atomic E-state index is 0.462. The first-order chi connectivity index (χ1) is 7.22. The fraction of sp³-hybridized carbons (Fsp3) is 0.500. The van der Waals surface area contributed by atoms with Gasteiger partial charge in [-0.3, -0.25) is 0 Å². The van der Waals surface area contributed by atoms with E-state index in [9.17, 15) is 5.11 Å². The Balaban J connectivity index is 2.96. The molecule has 1 N–H and O–H groups in total. The van der Waals surface area contributed by atoms with Crippen molar-refractivity contribution in [3.8, 4) is 11.5 Å². The zero-order valence-electron chi connectivity index (χ0n) is 9.49. The van der Waals surface area contributed by atoms with Crippen LogP contribution in [-0.4, -0.2) is 19.3 Å². The summed E-state index contributed by atoms with van der Waals surface area (Å²) in [5.41, 5.74) is 0.820. The molecule has 0 bridgehead atoms. The molecule has 3 nitrogen and oxygen atoms in total. The summed E-state index contributed by atoms with van der Waals surface area (Å²) in [5.74, 6) is 1.41. The van der Waals surface area contributed by atoms with E-state index in [-0.39, 0.29) is 0 Å². The highest BCUT2D eigenvalue weighted by atomic mass is 16.5. The van der Waals surface area contributed by atoms with Gasteiger partial charge in [-0.2, -0.15) is 0 Å². The molecule has 0 fully saturated rings. The molecule has 0 amide bonds. The van der Waals surface area contributed by atoms with E-state index >= 15 is 0 Å². The van der Waals surface area contributed by atoms with Gasteiger partial charge >= 0.3 is 0 Å². The molecule has 0 spiro atoms. The van der Waals surface area contributed by atoms with Crippen LogP contribution in [0.15, 0.2) is 18.2 Å². The van der Waals surface area contributed by atoms with Crippen molar-refractivity contribution in [1.29, 1.82) is 0 Å². The summed E-state index contributed by atoms with van der Waals surface area (Å²) in [4.78, 5) is 0. The van der Waals surface area contributed by atoms with E-state index in [1.54, 1.807) is 20.3 Å². The van der Waals surface area contributed by atoms with Gasteiger partial charge < -0.3 is 14.6 Å². The summed E-state index contributed by atoms with van der Waals surface area (Å²) in [6.07, 6.45) is 1.22. The summed E-state index contributed by atoms with van der Waals surface area (Å²) in [6.45, 7) is 2.04. The topological polar surface area (TPSA) is 38.7 Å². The highest BCUT2D eigenvalue weighted by Gasteiger charge is 2.12. The van der Waals surface area contributed by atoms with Crippen molar-refractivity contribution in [3.63, 3.8) is 0 Å². The number of ether oxygens (including phenoxy) is 2. The summed E-state index contributed by atoms with van der Waals surface area (Å²) in [6, 6.07) is 5.46. The van der Waals surface area contributed by atoms with Crippen molar-refractivity contribution < 1.29 is 14.6 Å². The van der Waals surface area contributed by atoms with Crippen molar-refractivity contribution >= 4 is 0 Å². The first-order valence-corrected chi connectivity index (χ1v) is 5.13. The Bertz CT molecular complexity index is 310. The lowest BCUT2D eigenvalue weighted by Gasteiger charge is -2.14. The predicted molar refractivity (Wildman–Crippen MR) is 59.4 cm³/mol. The van der Waals surface area contributed by atoms with Gasteiger partial charge in [0, 0.05) is 11.6 Å². The van der Waals surface area contributed by atoms with Gasteiger partial charge in [0.25, 0.3) is 0 Å².